The lowest BCUT2D eigenvalue weighted by Gasteiger charge is -2.45. The Bertz CT molecular complexity index is 1820. The van der Waals surface area contributed by atoms with Gasteiger partial charge >= 0.3 is 5.69 Å². The number of hydrogen-bond donors (Lipinski definition) is 0. The molecule has 7 rings (SSSR count). The summed E-state index contributed by atoms with van der Waals surface area (Å²) in [5.41, 5.74) is 5.34. The van der Waals surface area contributed by atoms with Crippen LogP contribution in [0.25, 0.3) is 32.9 Å². The van der Waals surface area contributed by atoms with Crippen LogP contribution in [0, 0.1) is 6.92 Å². The monoisotopic (exact) mass is 597 g/mol. The van der Waals surface area contributed by atoms with Gasteiger partial charge in [-0.3, -0.25) is 14.0 Å². The summed E-state index contributed by atoms with van der Waals surface area (Å²) in [5.74, 6) is 1.49. The molecule has 1 amide bonds. The quantitative estimate of drug-likeness (QED) is 0.311. The largest absolute Gasteiger partial charge is 0.350 e. The third-order valence-corrected chi connectivity index (χ3v) is 10.8. The first-order valence-corrected chi connectivity index (χ1v) is 16.3. The number of fused-ring (bicyclic) bond motifs is 1. The highest BCUT2D eigenvalue weighted by Crippen LogP contribution is 2.47. The van der Waals surface area contributed by atoms with Crippen molar-refractivity contribution in [2.24, 2.45) is 7.05 Å². The Hall–Kier alpha value is -3.63. The van der Waals surface area contributed by atoms with Crippen LogP contribution in [0.2, 0.25) is 0 Å². The minimum atomic E-state index is -0.189. The molecule has 2 aromatic heterocycles. The van der Waals surface area contributed by atoms with Crippen molar-refractivity contribution in [3.8, 4) is 11.1 Å². The minimum Gasteiger partial charge on any atom is -0.349 e. The zero-order valence-corrected chi connectivity index (χ0v) is 26.2. The number of carbonyl (C=O) groups is 1. The molecule has 0 saturated carbocycles. The van der Waals surface area contributed by atoms with Gasteiger partial charge in [-0.25, -0.2) is 4.79 Å². The molecule has 0 radical (unpaired) electrons. The molecule has 224 valence electrons. The Kier molecular flexibility index (Phi) is 7.09. The number of aryl methyl sites for hydroxylation is 2. The number of rotatable bonds is 5. The first kappa shape index (κ1) is 28.2. The first-order chi connectivity index (χ1) is 20.8. The maximum Gasteiger partial charge on any atom is 0.350 e. The van der Waals surface area contributed by atoms with Crippen LogP contribution in [-0.2, 0) is 11.8 Å². The van der Waals surface area contributed by atoms with Crippen LogP contribution in [0.3, 0.4) is 0 Å². The number of hydrogen-bond acceptors (Lipinski definition) is 7. The van der Waals surface area contributed by atoms with E-state index in [1.807, 2.05) is 39.2 Å². The first-order valence-electron chi connectivity index (χ1n) is 15.3. The summed E-state index contributed by atoms with van der Waals surface area (Å²) in [7, 11) is 1.99. The van der Waals surface area contributed by atoms with E-state index in [2.05, 4.69) is 66.5 Å². The minimum absolute atomic E-state index is 0.00587. The molecule has 0 aliphatic carbocycles. The number of anilines is 1. The van der Waals surface area contributed by atoms with Crippen molar-refractivity contribution in [1.82, 2.24) is 29.1 Å². The van der Waals surface area contributed by atoms with Gasteiger partial charge in [-0.15, -0.1) is 11.8 Å². The average Bonchev–Trinajstić information content (AvgIpc) is 3.65. The zero-order chi connectivity index (χ0) is 30.0. The number of piperazine rings is 1. The molecule has 2 saturated heterocycles. The maximum absolute atomic E-state index is 14.2. The lowest BCUT2D eigenvalue weighted by Crippen LogP contribution is -2.58. The molecule has 3 aliphatic rings. The molecular weight excluding hydrogens is 558 g/mol. The Morgan fingerprint density at radius 1 is 1.14 bits per heavy atom. The van der Waals surface area contributed by atoms with Crippen LogP contribution in [-0.4, -0.2) is 85.6 Å². The van der Waals surface area contributed by atoms with Crippen LogP contribution in [0.15, 0.2) is 52.8 Å². The smallest absolute Gasteiger partial charge is 0.349 e. The Morgan fingerprint density at radius 2 is 1.93 bits per heavy atom. The highest BCUT2D eigenvalue weighted by atomic mass is 32.2. The van der Waals surface area contributed by atoms with Crippen LogP contribution in [0.1, 0.15) is 38.3 Å². The van der Waals surface area contributed by atoms with Crippen LogP contribution in [0.4, 0.5) is 5.82 Å². The molecule has 1 unspecified atom stereocenters. The second-order valence-corrected chi connectivity index (χ2v) is 13.4. The standard InChI is InChI=1S/C33H39N7O2S/c1-6-27(41)38-16-22(4)39(17-21(38)3)32-26-14-20(2)28(25-11-9-10-23-15-34-36(5)29(23)25)31-30(26)40(33(42)35-32)24(19-43-31)18-37-12-7-8-13-37/h6,9-11,14-15,21-22,24H,1,7-8,12-13,16-19H2,2-5H3/t21-,22+,24?/m1/s1. The molecule has 3 aliphatic heterocycles. The Morgan fingerprint density at radius 3 is 2.70 bits per heavy atom. The third kappa shape index (κ3) is 4.57. The van der Waals surface area contributed by atoms with Crippen LogP contribution < -0.4 is 10.6 Å². The normalized spacial score (nSPS) is 22.6. The molecular formula is C33H39N7O2S. The maximum atomic E-state index is 14.2. The van der Waals surface area contributed by atoms with E-state index in [0.29, 0.717) is 13.1 Å². The second-order valence-electron chi connectivity index (χ2n) is 12.4. The van der Waals surface area contributed by atoms with Gasteiger partial charge in [0.15, 0.2) is 0 Å². The molecule has 2 fully saturated rings. The molecule has 10 heteroatoms. The molecule has 0 spiro atoms. The summed E-state index contributed by atoms with van der Waals surface area (Å²) in [6.45, 7) is 14.2. The number of benzene rings is 2. The van der Waals surface area contributed by atoms with E-state index in [4.69, 9.17) is 4.98 Å². The van der Waals surface area contributed by atoms with Crippen molar-refractivity contribution in [3.63, 3.8) is 0 Å². The van der Waals surface area contributed by atoms with Gasteiger partial charge in [0, 0.05) is 71.3 Å². The summed E-state index contributed by atoms with van der Waals surface area (Å²) >= 11 is 1.87. The molecule has 2 aromatic carbocycles. The van der Waals surface area contributed by atoms with Gasteiger partial charge in [-0.05, 0) is 64.4 Å². The predicted molar refractivity (Wildman–Crippen MR) is 174 cm³/mol. The fraction of sp³-hybridized carbons (Fsp3) is 0.455. The van der Waals surface area contributed by atoms with E-state index >= 15 is 0 Å². The molecule has 3 atom stereocenters. The van der Waals surface area contributed by atoms with Gasteiger partial charge < -0.3 is 14.7 Å². The van der Waals surface area contributed by atoms with E-state index in [0.717, 1.165) is 69.0 Å². The van der Waals surface area contributed by atoms with Crippen molar-refractivity contribution < 1.29 is 4.79 Å². The van der Waals surface area contributed by atoms with E-state index in [-0.39, 0.29) is 29.7 Å². The summed E-state index contributed by atoms with van der Waals surface area (Å²) < 4.78 is 3.95. The van der Waals surface area contributed by atoms with E-state index in [1.54, 1.807) is 0 Å². The van der Waals surface area contributed by atoms with Gasteiger partial charge in [0.2, 0.25) is 5.91 Å². The fourth-order valence-electron chi connectivity index (χ4n) is 7.45. The highest BCUT2D eigenvalue weighted by molar-refractivity contribution is 7.99. The number of amides is 1. The van der Waals surface area contributed by atoms with E-state index in [9.17, 15) is 9.59 Å². The Balaban J connectivity index is 1.45. The topological polar surface area (TPSA) is 79.5 Å². The molecule has 0 N–H and O–H groups in total. The van der Waals surface area contributed by atoms with Crippen molar-refractivity contribution in [2.75, 3.05) is 43.4 Å². The van der Waals surface area contributed by atoms with Crippen LogP contribution >= 0.6 is 11.8 Å². The lowest BCUT2D eigenvalue weighted by atomic mass is 9.95. The average molecular weight is 598 g/mol. The van der Waals surface area contributed by atoms with Crippen LogP contribution in [0.5, 0.6) is 0 Å². The van der Waals surface area contributed by atoms with Gasteiger partial charge in [0.1, 0.15) is 5.82 Å². The number of carbonyl (C=O) groups excluding carboxylic acids is 1. The number of aromatic nitrogens is 4. The molecule has 4 aromatic rings. The second kappa shape index (κ2) is 10.8. The fourth-order valence-corrected chi connectivity index (χ4v) is 8.83. The number of para-hydroxylation sites is 1. The third-order valence-electron chi connectivity index (χ3n) is 9.54. The SMILES string of the molecule is C=CC(=O)N1C[C@H](C)N(c2nc(=O)n3c4c(c(-c5cccc6cnn(C)c56)c(C)cc24)SCC3CN2CCCC2)C[C@H]1C. The van der Waals surface area contributed by atoms with Gasteiger partial charge in [0.05, 0.1) is 23.3 Å². The molecule has 43 heavy (non-hydrogen) atoms. The molecule has 9 nitrogen and oxygen atoms in total. The Labute approximate surface area is 256 Å². The van der Waals surface area contributed by atoms with Crippen molar-refractivity contribution in [2.45, 2.75) is 56.6 Å². The highest BCUT2D eigenvalue weighted by Gasteiger charge is 2.36. The van der Waals surface area contributed by atoms with Crippen molar-refractivity contribution in [1.29, 1.82) is 0 Å². The zero-order valence-electron chi connectivity index (χ0n) is 25.4. The van der Waals surface area contributed by atoms with Crippen molar-refractivity contribution in [3.05, 3.63) is 59.2 Å². The number of nitrogens with zero attached hydrogens (tertiary/aromatic N) is 7. The van der Waals surface area contributed by atoms with Gasteiger partial charge in [-0.2, -0.15) is 10.1 Å². The van der Waals surface area contributed by atoms with Gasteiger partial charge in [0.25, 0.3) is 0 Å². The lowest BCUT2D eigenvalue weighted by molar-refractivity contribution is -0.128. The predicted octanol–water partition coefficient (Wildman–Crippen LogP) is 4.61. The molecule has 0 bridgehead atoms. The van der Waals surface area contributed by atoms with E-state index in [1.165, 1.54) is 24.5 Å². The van der Waals surface area contributed by atoms with Gasteiger partial charge in [-0.1, -0.05) is 24.8 Å². The number of thioether (sulfide) groups is 1. The summed E-state index contributed by atoms with van der Waals surface area (Å²) in [6.07, 6.45) is 5.73. The summed E-state index contributed by atoms with van der Waals surface area (Å²) in [4.78, 5) is 39.3. The summed E-state index contributed by atoms with van der Waals surface area (Å²) in [6, 6.07) is 8.62. The van der Waals surface area contributed by atoms with Crippen molar-refractivity contribution >= 4 is 45.3 Å². The number of likely N-dealkylation sites (tertiary alicyclic amines) is 1. The summed E-state index contributed by atoms with van der Waals surface area (Å²) in [5, 5.41) is 6.67. The molecule has 5 heterocycles. The van der Waals surface area contributed by atoms with E-state index < -0.39 is 0 Å².